The second kappa shape index (κ2) is 22.4. The van der Waals surface area contributed by atoms with Crippen LogP contribution >= 0.6 is 12.4 Å². The van der Waals surface area contributed by atoms with Crippen LogP contribution in [-0.2, 0) is 22.6 Å². The number of benzene rings is 3. The van der Waals surface area contributed by atoms with E-state index in [0.29, 0.717) is 53.8 Å². The third-order valence-electron chi connectivity index (χ3n) is 5.84. The number of rotatable bonds is 10. The predicted octanol–water partition coefficient (Wildman–Crippen LogP) is 6.20. The van der Waals surface area contributed by atoms with Gasteiger partial charge in [0.05, 0.1) is 49.8 Å². The van der Waals surface area contributed by atoms with Gasteiger partial charge >= 0.3 is 24.1 Å². The summed E-state index contributed by atoms with van der Waals surface area (Å²) in [6.07, 6.45) is 5.18. The fourth-order valence-corrected chi connectivity index (χ4v) is 3.56. The second-order valence-electron chi connectivity index (χ2n) is 9.37. The topological polar surface area (TPSA) is 210 Å². The van der Waals surface area contributed by atoms with Crippen LogP contribution in [0.5, 0.6) is 5.75 Å². The van der Waals surface area contributed by atoms with Crippen molar-refractivity contribution in [2.75, 3.05) is 23.8 Å². The van der Waals surface area contributed by atoms with Crippen LogP contribution in [0.3, 0.4) is 0 Å². The van der Waals surface area contributed by atoms with Crippen LogP contribution < -0.4 is 26.4 Å². The fraction of sp³-hybridized carbons (Fsp3) is 0.176. The average molecular weight is 709 g/mol. The lowest BCUT2D eigenvalue weighted by Crippen LogP contribution is -2.28. The number of carbonyl (C=O) groups excluding carboxylic acids is 4. The highest BCUT2D eigenvalue weighted by atomic mass is 35.5. The number of oxazole rings is 2. The first-order chi connectivity index (χ1) is 23.8. The molecule has 5 rings (SSSR count). The molecule has 5 aromatic rings. The molecule has 3 aromatic carbocycles. The van der Waals surface area contributed by atoms with Gasteiger partial charge in [0.2, 0.25) is 0 Å². The zero-order chi connectivity index (χ0) is 35.3. The van der Waals surface area contributed by atoms with Gasteiger partial charge in [-0.05, 0) is 74.5 Å². The number of amides is 3. The van der Waals surface area contributed by atoms with Crippen molar-refractivity contribution in [3.05, 3.63) is 127 Å². The molecule has 0 fully saturated rings. The Morgan fingerprint density at radius 3 is 1.64 bits per heavy atom. The first-order valence-corrected chi connectivity index (χ1v) is 14.9. The quantitative estimate of drug-likeness (QED) is 0.119. The lowest BCUT2D eigenvalue weighted by molar-refractivity contribution is 0.0517. The molecule has 15 nitrogen and oxygen atoms in total. The SMILES string of the molecule is CCOC(=O)c1ccc(NC(=O)NCc2cnco2)cc1.CCOC(=O)c1ccc(NC(=O)Oc2ccccc2)cc1.Cl.NCc1cnco1. The van der Waals surface area contributed by atoms with Gasteiger partial charge in [-0.15, -0.1) is 12.4 Å². The van der Waals surface area contributed by atoms with Crippen molar-refractivity contribution < 1.29 is 42.2 Å². The van der Waals surface area contributed by atoms with E-state index in [0.717, 1.165) is 5.76 Å². The first-order valence-electron chi connectivity index (χ1n) is 14.9. The van der Waals surface area contributed by atoms with Crippen LogP contribution in [0.15, 0.2) is 113 Å². The van der Waals surface area contributed by atoms with Gasteiger partial charge in [-0.25, -0.2) is 29.1 Å². The van der Waals surface area contributed by atoms with E-state index in [2.05, 4.69) is 25.9 Å². The van der Waals surface area contributed by atoms with Gasteiger partial charge in [-0.2, -0.15) is 0 Å². The molecule has 264 valence electrons. The number of halogens is 1. The van der Waals surface area contributed by atoms with Gasteiger partial charge in [-0.1, -0.05) is 18.2 Å². The minimum absolute atomic E-state index is 0. The molecule has 0 saturated carbocycles. The normalized spacial score (nSPS) is 9.58. The van der Waals surface area contributed by atoms with Crippen LogP contribution in [-0.4, -0.2) is 47.2 Å². The van der Waals surface area contributed by atoms with Crippen LogP contribution in [0, 0.1) is 0 Å². The molecule has 0 saturated heterocycles. The summed E-state index contributed by atoms with van der Waals surface area (Å²) in [6.45, 7) is 4.80. The molecule has 0 aliphatic carbocycles. The van der Waals surface area contributed by atoms with Crippen molar-refractivity contribution >= 4 is 47.8 Å². The van der Waals surface area contributed by atoms with Crippen LogP contribution in [0.2, 0.25) is 0 Å². The molecule has 16 heteroatoms. The highest BCUT2D eigenvalue weighted by Gasteiger charge is 2.09. The van der Waals surface area contributed by atoms with Crippen molar-refractivity contribution in [3.8, 4) is 5.75 Å². The maximum Gasteiger partial charge on any atom is 0.417 e. The number of esters is 2. The third kappa shape index (κ3) is 14.7. The minimum atomic E-state index is -0.593. The summed E-state index contributed by atoms with van der Waals surface area (Å²) in [6, 6.07) is 21.2. The van der Waals surface area contributed by atoms with E-state index in [1.165, 1.54) is 19.0 Å². The molecular weight excluding hydrogens is 672 g/mol. The first kappa shape index (κ1) is 40.0. The molecule has 0 radical (unpaired) electrons. The number of nitrogens with one attached hydrogen (secondary N) is 3. The number of hydrogen-bond acceptors (Lipinski definition) is 12. The van der Waals surface area contributed by atoms with Gasteiger partial charge in [0.25, 0.3) is 0 Å². The molecule has 0 atom stereocenters. The molecule has 3 amide bonds. The lowest BCUT2D eigenvalue weighted by atomic mass is 10.2. The van der Waals surface area contributed by atoms with Crippen LogP contribution in [0.25, 0.3) is 0 Å². The Balaban J connectivity index is 0.000000286. The number of hydrogen-bond donors (Lipinski definition) is 4. The molecule has 0 aliphatic heterocycles. The number of ether oxygens (including phenoxy) is 3. The molecule has 0 bridgehead atoms. The summed E-state index contributed by atoms with van der Waals surface area (Å²) < 4.78 is 24.6. The number of urea groups is 1. The predicted molar refractivity (Wildman–Crippen MR) is 185 cm³/mol. The summed E-state index contributed by atoms with van der Waals surface area (Å²) in [7, 11) is 0. The van der Waals surface area contributed by atoms with Gasteiger partial charge in [0.15, 0.2) is 12.8 Å². The molecule has 0 unspecified atom stereocenters. The van der Waals surface area contributed by atoms with E-state index in [4.69, 9.17) is 28.8 Å². The van der Waals surface area contributed by atoms with Crippen molar-refractivity contribution in [1.82, 2.24) is 15.3 Å². The van der Waals surface area contributed by atoms with Crippen molar-refractivity contribution in [3.63, 3.8) is 0 Å². The number of anilines is 2. The van der Waals surface area contributed by atoms with E-state index in [-0.39, 0.29) is 31.0 Å². The molecule has 0 aliphatic rings. The smallest absolute Gasteiger partial charge is 0.417 e. The van der Waals surface area contributed by atoms with Crippen molar-refractivity contribution in [2.45, 2.75) is 26.9 Å². The van der Waals surface area contributed by atoms with Gasteiger partial charge in [-0.3, -0.25) is 5.32 Å². The van der Waals surface area contributed by atoms with Crippen LogP contribution in [0.1, 0.15) is 46.1 Å². The minimum Gasteiger partial charge on any atom is -0.462 e. The Bertz CT molecular complexity index is 1700. The highest BCUT2D eigenvalue weighted by Crippen LogP contribution is 2.14. The molecule has 2 aromatic heterocycles. The summed E-state index contributed by atoms with van der Waals surface area (Å²) in [5.74, 6) is 0.954. The number of nitrogens with two attached hydrogens (primary N) is 1. The Labute approximate surface area is 293 Å². The van der Waals surface area contributed by atoms with Gasteiger partial charge in [0.1, 0.15) is 17.3 Å². The summed E-state index contributed by atoms with van der Waals surface area (Å²) >= 11 is 0. The molecule has 2 heterocycles. The standard InChI is InChI=1S/C16H15NO4.C14H15N3O4.C4H6N2O.ClH/c1-2-20-15(18)12-8-10-13(11-9-12)17-16(19)21-14-6-4-3-5-7-14;1-2-20-13(18)10-3-5-11(6-4-10)17-14(19)16-8-12-7-15-9-21-12;5-1-4-2-6-3-7-4;/h3-11H,2H2,1H3,(H,17,19);3-7,9H,2,8H2,1H3,(H2,16,17,19);2-3H,1,5H2;1H. The largest absolute Gasteiger partial charge is 0.462 e. The van der Waals surface area contributed by atoms with Crippen molar-refractivity contribution in [1.29, 1.82) is 0 Å². The number of para-hydroxylation sites is 1. The Morgan fingerprint density at radius 2 is 1.20 bits per heavy atom. The Kier molecular flexibility index (Phi) is 17.9. The summed E-state index contributed by atoms with van der Waals surface area (Å²) in [5.41, 5.74) is 7.12. The number of aromatic nitrogens is 2. The fourth-order valence-electron chi connectivity index (χ4n) is 3.56. The van der Waals surface area contributed by atoms with E-state index in [9.17, 15) is 19.2 Å². The second-order valence-corrected chi connectivity index (χ2v) is 9.37. The zero-order valence-corrected chi connectivity index (χ0v) is 28.0. The highest BCUT2D eigenvalue weighted by molar-refractivity contribution is 5.93. The van der Waals surface area contributed by atoms with Gasteiger partial charge < -0.3 is 39.4 Å². The Morgan fingerprint density at radius 1 is 0.700 bits per heavy atom. The van der Waals surface area contributed by atoms with E-state index >= 15 is 0 Å². The zero-order valence-electron chi connectivity index (χ0n) is 27.2. The molecule has 50 heavy (non-hydrogen) atoms. The molecule has 5 N–H and O–H groups in total. The van der Waals surface area contributed by atoms with Gasteiger partial charge in [0, 0.05) is 11.4 Å². The maximum absolute atomic E-state index is 11.7. The summed E-state index contributed by atoms with van der Waals surface area (Å²) in [5, 5.41) is 7.83. The van der Waals surface area contributed by atoms with E-state index in [1.807, 2.05) is 6.07 Å². The number of carbonyl (C=O) groups is 4. The van der Waals surface area contributed by atoms with E-state index in [1.54, 1.807) is 92.8 Å². The van der Waals surface area contributed by atoms with Crippen LogP contribution in [0.4, 0.5) is 21.0 Å². The van der Waals surface area contributed by atoms with Crippen molar-refractivity contribution in [2.24, 2.45) is 5.73 Å². The number of nitrogens with zero attached hydrogens (tertiary/aromatic N) is 2. The van der Waals surface area contributed by atoms with E-state index < -0.39 is 12.1 Å². The maximum atomic E-state index is 11.7. The average Bonchev–Trinajstić information content (AvgIpc) is 3.85. The monoisotopic (exact) mass is 708 g/mol. The molecule has 0 spiro atoms. The molecular formula is C34H37ClN6O9. The lowest BCUT2D eigenvalue weighted by Gasteiger charge is -2.07. The Hall–Kier alpha value is -6.19. The summed E-state index contributed by atoms with van der Waals surface area (Å²) in [4.78, 5) is 53.7. The third-order valence-corrected chi connectivity index (χ3v) is 5.84.